The molecule has 0 aliphatic heterocycles. The van der Waals surface area contributed by atoms with Crippen LogP contribution in [0.25, 0.3) is 0 Å². The van der Waals surface area contributed by atoms with Crippen LogP contribution in [-0.2, 0) is 6.42 Å². The van der Waals surface area contributed by atoms with Crippen LogP contribution in [0.15, 0.2) is 60.9 Å². The topological polar surface area (TPSA) is 17.8 Å². The molecule has 3 aromatic rings. The fourth-order valence-electron chi connectivity index (χ4n) is 3.63. The fourth-order valence-corrected chi connectivity index (χ4v) is 3.84. The highest BCUT2D eigenvalue weighted by Gasteiger charge is 2.23. The lowest BCUT2D eigenvalue weighted by molar-refractivity contribution is 0.675. The lowest BCUT2D eigenvalue weighted by Crippen LogP contribution is -2.12. The number of imidazole rings is 1. The van der Waals surface area contributed by atoms with E-state index in [4.69, 9.17) is 11.6 Å². The molecule has 2 atom stereocenters. The molecular weight excluding hydrogens is 304 g/mol. The Labute approximate surface area is 141 Å². The summed E-state index contributed by atoms with van der Waals surface area (Å²) in [5, 5.41) is 0.521. The summed E-state index contributed by atoms with van der Waals surface area (Å²) in [5.41, 5.74) is 5.46. The van der Waals surface area contributed by atoms with Gasteiger partial charge in [-0.25, -0.2) is 4.98 Å². The number of nitrogens with zero attached hydrogens (tertiary/aromatic N) is 2. The van der Waals surface area contributed by atoms with E-state index in [2.05, 4.69) is 54.4 Å². The SMILES string of the molecule is CC1CCc2ccc(C(c3ccccc3)n3ccnc3Cl)cc21. The van der Waals surface area contributed by atoms with Crippen molar-refractivity contribution >= 4 is 11.6 Å². The minimum atomic E-state index is 0.0595. The molecule has 4 rings (SSSR count). The Kier molecular flexibility index (Phi) is 3.70. The summed E-state index contributed by atoms with van der Waals surface area (Å²) in [5.74, 6) is 0.639. The molecule has 1 aromatic heterocycles. The number of benzene rings is 2. The van der Waals surface area contributed by atoms with Gasteiger partial charge in [-0.3, -0.25) is 0 Å². The van der Waals surface area contributed by atoms with Crippen LogP contribution in [0.1, 0.15) is 47.6 Å². The van der Waals surface area contributed by atoms with Gasteiger partial charge in [-0.15, -0.1) is 0 Å². The lowest BCUT2D eigenvalue weighted by Gasteiger charge is -2.22. The van der Waals surface area contributed by atoms with Crippen LogP contribution in [0.4, 0.5) is 0 Å². The van der Waals surface area contributed by atoms with E-state index in [1.165, 1.54) is 35.1 Å². The molecule has 2 unspecified atom stereocenters. The second kappa shape index (κ2) is 5.86. The lowest BCUT2D eigenvalue weighted by atomic mass is 9.93. The van der Waals surface area contributed by atoms with Crippen LogP contribution >= 0.6 is 11.6 Å². The Balaban J connectivity index is 1.87. The molecule has 1 aliphatic carbocycles. The molecule has 1 heterocycles. The Morgan fingerprint density at radius 3 is 2.70 bits per heavy atom. The maximum Gasteiger partial charge on any atom is 0.203 e. The molecule has 3 heteroatoms. The van der Waals surface area contributed by atoms with Crippen LogP contribution in [0, 0.1) is 0 Å². The van der Waals surface area contributed by atoms with Crippen LogP contribution < -0.4 is 0 Å². The van der Waals surface area contributed by atoms with Crippen molar-refractivity contribution < 1.29 is 0 Å². The quantitative estimate of drug-likeness (QED) is 0.646. The van der Waals surface area contributed by atoms with Gasteiger partial charge in [0.2, 0.25) is 5.28 Å². The van der Waals surface area contributed by atoms with Crippen LogP contribution in [0.2, 0.25) is 5.28 Å². The first-order valence-corrected chi connectivity index (χ1v) is 8.48. The summed E-state index contributed by atoms with van der Waals surface area (Å²) < 4.78 is 2.04. The van der Waals surface area contributed by atoms with Gasteiger partial charge in [-0.1, -0.05) is 55.5 Å². The van der Waals surface area contributed by atoms with Crippen molar-refractivity contribution in [1.29, 1.82) is 0 Å². The van der Waals surface area contributed by atoms with Gasteiger partial charge in [0.15, 0.2) is 0 Å². The van der Waals surface area contributed by atoms with Crippen LogP contribution in [0.3, 0.4) is 0 Å². The van der Waals surface area contributed by atoms with Crippen molar-refractivity contribution in [2.45, 2.75) is 31.7 Å². The van der Waals surface area contributed by atoms with Gasteiger partial charge in [-0.05, 0) is 52.6 Å². The van der Waals surface area contributed by atoms with Gasteiger partial charge in [0.05, 0.1) is 6.04 Å². The molecule has 0 N–H and O–H groups in total. The minimum Gasteiger partial charge on any atom is -0.310 e. The van der Waals surface area contributed by atoms with Gasteiger partial charge in [-0.2, -0.15) is 0 Å². The molecule has 0 spiro atoms. The molecule has 23 heavy (non-hydrogen) atoms. The highest BCUT2D eigenvalue weighted by Crippen LogP contribution is 2.37. The molecule has 0 saturated heterocycles. The Hall–Kier alpha value is -2.06. The summed E-state index contributed by atoms with van der Waals surface area (Å²) in [6.45, 7) is 2.32. The molecule has 2 aromatic carbocycles. The van der Waals surface area contributed by atoms with E-state index in [-0.39, 0.29) is 6.04 Å². The first kappa shape index (κ1) is 14.5. The first-order valence-electron chi connectivity index (χ1n) is 8.10. The van der Waals surface area contributed by atoms with Crippen molar-refractivity contribution in [3.05, 3.63) is 88.5 Å². The van der Waals surface area contributed by atoms with Crippen molar-refractivity contribution in [2.24, 2.45) is 0 Å². The number of aromatic nitrogens is 2. The predicted molar refractivity (Wildman–Crippen MR) is 94.1 cm³/mol. The molecule has 0 radical (unpaired) electrons. The van der Waals surface area contributed by atoms with E-state index in [0.717, 1.165) is 0 Å². The van der Waals surface area contributed by atoms with E-state index in [0.29, 0.717) is 11.2 Å². The van der Waals surface area contributed by atoms with Crippen molar-refractivity contribution in [2.75, 3.05) is 0 Å². The summed E-state index contributed by atoms with van der Waals surface area (Å²) >= 11 is 6.33. The summed E-state index contributed by atoms with van der Waals surface area (Å²) in [7, 11) is 0. The van der Waals surface area contributed by atoms with Crippen molar-refractivity contribution in [3.63, 3.8) is 0 Å². The Morgan fingerprint density at radius 2 is 1.96 bits per heavy atom. The van der Waals surface area contributed by atoms with Gasteiger partial charge < -0.3 is 4.57 Å². The van der Waals surface area contributed by atoms with Crippen molar-refractivity contribution in [3.8, 4) is 0 Å². The summed E-state index contributed by atoms with van der Waals surface area (Å²) in [4.78, 5) is 4.20. The third-order valence-electron chi connectivity index (χ3n) is 4.88. The molecule has 116 valence electrons. The third-order valence-corrected chi connectivity index (χ3v) is 5.17. The zero-order chi connectivity index (χ0) is 15.8. The third kappa shape index (κ3) is 2.57. The van der Waals surface area contributed by atoms with E-state index in [9.17, 15) is 0 Å². The largest absolute Gasteiger partial charge is 0.310 e. The second-order valence-corrected chi connectivity index (χ2v) is 6.65. The van der Waals surface area contributed by atoms with Crippen LogP contribution in [0.5, 0.6) is 0 Å². The maximum atomic E-state index is 6.33. The number of fused-ring (bicyclic) bond motifs is 1. The highest BCUT2D eigenvalue weighted by atomic mass is 35.5. The zero-order valence-corrected chi connectivity index (χ0v) is 13.9. The van der Waals surface area contributed by atoms with E-state index < -0.39 is 0 Å². The molecule has 0 amide bonds. The van der Waals surface area contributed by atoms with Gasteiger partial charge >= 0.3 is 0 Å². The fraction of sp³-hybridized carbons (Fsp3) is 0.250. The first-order chi connectivity index (χ1) is 11.2. The van der Waals surface area contributed by atoms with E-state index in [1.54, 1.807) is 6.20 Å². The smallest absolute Gasteiger partial charge is 0.203 e. The van der Waals surface area contributed by atoms with Crippen LogP contribution in [-0.4, -0.2) is 9.55 Å². The standard InChI is InChI=1S/C20H19ClN2/c1-14-7-8-15-9-10-17(13-18(14)15)19(16-5-3-2-4-6-16)23-12-11-22-20(23)21/h2-6,9-14,19H,7-8H2,1H3. The molecule has 1 aliphatic rings. The zero-order valence-electron chi connectivity index (χ0n) is 13.1. The Morgan fingerprint density at radius 1 is 1.13 bits per heavy atom. The summed E-state index contributed by atoms with van der Waals surface area (Å²) in [6, 6.07) is 17.4. The highest BCUT2D eigenvalue weighted by molar-refractivity contribution is 6.28. The van der Waals surface area contributed by atoms with Crippen molar-refractivity contribution in [1.82, 2.24) is 9.55 Å². The predicted octanol–water partition coefficient (Wildman–Crippen LogP) is 5.22. The number of aryl methyl sites for hydroxylation is 1. The second-order valence-electron chi connectivity index (χ2n) is 6.31. The average molecular weight is 323 g/mol. The Bertz CT molecular complexity index is 823. The molecule has 0 fully saturated rings. The van der Waals surface area contributed by atoms with E-state index >= 15 is 0 Å². The molecular formula is C20H19ClN2. The molecule has 0 bridgehead atoms. The minimum absolute atomic E-state index is 0.0595. The van der Waals surface area contributed by atoms with Gasteiger partial charge in [0.1, 0.15) is 0 Å². The number of halogens is 1. The monoisotopic (exact) mass is 322 g/mol. The number of hydrogen-bond donors (Lipinski definition) is 0. The summed E-state index contributed by atoms with van der Waals surface area (Å²) in [6.07, 6.45) is 6.16. The number of hydrogen-bond acceptors (Lipinski definition) is 1. The number of rotatable bonds is 3. The van der Waals surface area contributed by atoms with E-state index in [1.807, 2.05) is 16.8 Å². The normalized spacial score (nSPS) is 17.9. The van der Waals surface area contributed by atoms with Gasteiger partial charge in [0.25, 0.3) is 0 Å². The van der Waals surface area contributed by atoms with Gasteiger partial charge in [0, 0.05) is 12.4 Å². The molecule has 0 saturated carbocycles. The average Bonchev–Trinajstić information content (AvgIpc) is 3.16. The maximum absolute atomic E-state index is 6.33. The molecule has 2 nitrogen and oxygen atoms in total.